The van der Waals surface area contributed by atoms with Crippen molar-refractivity contribution in [3.63, 3.8) is 0 Å². The number of hydrogen-bond donors (Lipinski definition) is 3. The first-order valence-electron chi connectivity index (χ1n) is 7.57. The lowest BCUT2D eigenvalue weighted by molar-refractivity contribution is -0.122. The second kappa shape index (κ2) is 8.49. The highest BCUT2D eigenvalue weighted by Crippen LogP contribution is 2.25. The van der Waals surface area contributed by atoms with E-state index in [1.165, 1.54) is 19.4 Å². The minimum Gasteiger partial charge on any atom is -0.504 e. The molecule has 0 saturated heterocycles. The number of amides is 2. The Morgan fingerprint density at radius 2 is 1.92 bits per heavy atom. The molecule has 0 saturated carbocycles. The molecule has 0 aliphatic rings. The maximum absolute atomic E-state index is 12.0. The van der Waals surface area contributed by atoms with Crippen molar-refractivity contribution >= 4 is 18.0 Å². The molecule has 3 N–H and O–H groups in total. The SMILES string of the molecule is COc1cc(C=NNC(=O)C(C)NC(=O)c2ccccc2)ccc1O. The number of aromatic hydroxyl groups is 1. The van der Waals surface area contributed by atoms with E-state index in [2.05, 4.69) is 15.8 Å². The molecule has 2 amide bonds. The summed E-state index contributed by atoms with van der Waals surface area (Å²) >= 11 is 0. The quantitative estimate of drug-likeness (QED) is 0.550. The van der Waals surface area contributed by atoms with E-state index in [-0.39, 0.29) is 11.7 Å². The van der Waals surface area contributed by atoms with Gasteiger partial charge in [-0.3, -0.25) is 9.59 Å². The van der Waals surface area contributed by atoms with Crippen molar-refractivity contribution in [3.8, 4) is 11.5 Å². The number of nitrogens with one attached hydrogen (secondary N) is 2. The van der Waals surface area contributed by atoms with Crippen LogP contribution in [0.15, 0.2) is 53.6 Å². The molecule has 25 heavy (non-hydrogen) atoms. The lowest BCUT2D eigenvalue weighted by Gasteiger charge is -2.12. The van der Waals surface area contributed by atoms with Crippen LogP contribution in [0.3, 0.4) is 0 Å². The highest BCUT2D eigenvalue weighted by molar-refractivity contribution is 5.97. The van der Waals surface area contributed by atoms with E-state index < -0.39 is 11.9 Å². The minimum atomic E-state index is -0.751. The largest absolute Gasteiger partial charge is 0.504 e. The topological polar surface area (TPSA) is 100 Å². The molecule has 7 heteroatoms. The number of carbonyl (C=O) groups is 2. The van der Waals surface area contributed by atoms with Gasteiger partial charge in [0.2, 0.25) is 0 Å². The van der Waals surface area contributed by atoms with Crippen LogP contribution in [0, 0.1) is 0 Å². The van der Waals surface area contributed by atoms with Gasteiger partial charge in [0.05, 0.1) is 13.3 Å². The second-order valence-electron chi connectivity index (χ2n) is 5.23. The molecule has 0 aliphatic heterocycles. The number of hydrogen-bond acceptors (Lipinski definition) is 5. The Bertz CT molecular complexity index is 775. The van der Waals surface area contributed by atoms with Gasteiger partial charge in [-0.15, -0.1) is 0 Å². The Balaban J connectivity index is 1.90. The predicted octanol–water partition coefficient (Wildman–Crippen LogP) is 1.67. The molecule has 0 aromatic heterocycles. The summed E-state index contributed by atoms with van der Waals surface area (Å²) in [5.41, 5.74) is 3.46. The van der Waals surface area contributed by atoms with E-state index in [0.29, 0.717) is 16.9 Å². The summed E-state index contributed by atoms with van der Waals surface area (Å²) in [6.07, 6.45) is 1.41. The molecule has 0 heterocycles. The van der Waals surface area contributed by atoms with Gasteiger partial charge in [-0.2, -0.15) is 5.10 Å². The summed E-state index contributed by atoms with van der Waals surface area (Å²) in [4.78, 5) is 24.0. The Morgan fingerprint density at radius 1 is 1.20 bits per heavy atom. The number of benzene rings is 2. The zero-order valence-corrected chi connectivity index (χ0v) is 13.9. The fraction of sp³-hybridized carbons (Fsp3) is 0.167. The van der Waals surface area contributed by atoms with Gasteiger partial charge in [0, 0.05) is 5.56 Å². The first-order valence-corrected chi connectivity index (χ1v) is 7.57. The molecule has 2 aromatic rings. The van der Waals surface area contributed by atoms with E-state index in [1.807, 2.05) is 0 Å². The Morgan fingerprint density at radius 3 is 2.60 bits per heavy atom. The molecule has 7 nitrogen and oxygen atoms in total. The number of phenols is 1. The van der Waals surface area contributed by atoms with Gasteiger partial charge in [0.25, 0.3) is 11.8 Å². The van der Waals surface area contributed by atoms with Gasteiger partial charge in [-0.05, 0) is 42.8 Å². The van der Waals surface area contributed by atoms with Crippen molar-refractivity contribution < 1.29 is 19.4 Å². The van der Waals surface area contributed by atoms with Crippen LogP contribution in [-0.4, -0.2) is 36.3 Å². The van der Waals surface area contributed by atoms with Crippen molar-refractivity contribution in [2.24, 2.45) is 5.10 Å². The van der Waals surface area contributed by atoms with Gasteiger partial charge in [0.1, 0.15) is 6.04 Å². The predicted molar refractivity (Wildman–Crippen MR) is 93.8 cm³/mol. The third-order valence-electron chi connectivity index (χ3n) is 3.37. The maximum Gasteiger partial charge on any atom is 0.262 e. The molecule has 0 aliphatic carbocycles. The van der Waals surface area contributed by atoms with Crippen molar-refractivity contribution in [2.75, 3.05) is 7.11 Å². The Labute approximate surface area is 145 Å². The molecule has 1 unspecified atom stereocenters. The normalized spacial score (nSPS) is 11.8. The van der Waals surface area contributed by atoms with Crippen molar-refractivity contribution in [2.45, 2.75) is 13.0 Å². The van der Waals surface area contributed by atoms with Gasteiger partial charge >= 0.3 is 0 Å². The lowest BCUT2D eigenvalue weighted by Crippen LogP contribution is -2.43. The van der Waals surface area contributed by atoms with E-state index in [9.17, 15) is 14.7 Å². The molecule has 0 radical (unpaired) electrons. The summed E-state index contributed by atoms with van der Waals surface area (Å²) in [5.74, 6) is -0.471. The zero-order valence-electron chi connectivity index (χ0n) is 13.9. The fourth-order valence-corrected chi connectivity index (χ4v) is 1.98. The first-order chi connectivity index (χ1) is 12.0. The molecular formula is C18H19N3O4. The monoisotopic (exact) mass is 341 g/mol. The van der Waals surface area contributed by atoms with Crippen LogP contribution >= 0.6 is 0 Å². The standard InChI is InChI=1S/C18H19N3O4/c1-12(20-18(24)14-6-4-3-5-7-14)17(23)21-19-11-13-8-9-15(22)16(10-13)25-2/h3-12,22H,1-2H3,(H,20,24)(H,21,23). The summed E-state index contributed by atoms with van der Waals surface area (Å²) < 4.78 is 4.99. The van der Waals surface area contributed by atoms with E-state index in [1.54, 1.807) is 49.4 Å². The van der Waals surface area contributed by atoms with Gasteiger partial charge in [0.15, 0.2) is 11.5 Å². The van der Waals surface area contributed by atoms with Crippen LogP contribution in [0.4, 0.5) is 0 Å². The molecular weight excluding hydrogens is 322 g/mol. The maximum atomic E-state index is 12.0. The number of nitrogens with zero attached hydrogens (tertiary/aromatic N) is 1. The van der Waals surface area contributed by atoms with Crippen LogP contribution in [0.1, 0.15) is 22.8 Å². The van der Waals surface area contributed by atoms with E-state index in [4.69, 9.17) is 4.74 Å². The smallest absolute Gasteiger partial charge is 0.262 e. The summed E-state index contributed by atoms with van der Waals surface area (Å²) in [6, 6.07) is 12.5. The average molecular weight is 341 g/mol. The Kier molecular flexibility index (Phi) is 6.11. The second-order valence-corrected chi connectivity index (χ2v) is 5.23. The van der Waals surface area contributed by atoms with Crippen molar-refractivity contribution in [3.05, 3.63) is 59.7 Å². The molecule has 0 fully saturated rings. The highest BCUT2D eigenvalue weighted by atomic mass is 16.5. The van der Waals surface area contributed by atoms with Crippen molar-refractivity contribution in [1.29, 1.82) is 0 Å². The number of rotatable bonds is 6. The lowest BCUT2D eigenvalue weighted by atomic mass is 10.2. The first kappa shape index (κ1) is 18.0. The average Bonchev–Trinajstić information content (AvgIpc) is 2.63. The number of hydrazone groups is 1. The van der Waals surface area contributed by atoms with Gasteiger partial charge in [-0.1, -0.05) is 18.2 Å². The molecule has 1 atom stereocenters. The highest BCUT2D eigenvalue weighted by Gasteiger charge is 2.15. The molecule has 2 aromatic carbocycles. The number of ether oxygens (including phenoxy) is 1. The summed E-state index contributed by atoms with van der Waals surface area (Å²) in [5, 5.41) is 15.9. The number of carbonyl (C=O) groups excluding carboxylic acids is 2. The minimum absolute atomic E-state index is 0.0148. The van der Waals surface area contributed by atoms with Crippen LogP contribution < -0.4 is 15.5 Å². The van der Waals surface area contributed by atoms with Gasteiger partial charge < -0.3 is 15.2 Å². The van der Waals surface area contributed by atoms with Crippen LogP contribution in [0.5, 0.6) is 11.5 Å². The molecule has 0 spiro atoms. The third-order valence-corrected chi connectivity index (χ3v) is 3.37. The van der Waals surface area contributed by atoms with Crippen LogP contribution in [-0.2, 0) is 4.79 Å². The number of methoxy groups -OCH3 is 1. The van der Waals surface area contributed by atoms with Crippen molar-refractivity contribution in [1.82, 2.24) is 10.7 Å². The van der Waals surface area contributed by atoms with Gasteiger partial charge in [-0.25, -0.2) is 5.43 Å². The molecule has 2 rings (SSSR count). The summed E-state index contributed by atoms with van der Waals surface area (Å²) in [6.45, 7) is 1.56. The fourth-order valence-electron chi connectivity index (χ4n) is 1.98. The Hall–Kier alpha value is -3.35. The van der Waals surface area contributed by atoms with Crippen LogP contribution in [0.25, 0.3) is 0 Å². The van der Waals surface area contributed by atoms with E-state index >= 15 is 0 Å². The van der Waals surface area contributed by atoms with E-state index in [0.717, 1.165) is 0 Å². The summed E-state index contributed by atoms with van der Waals surface area (Å²) in [7, 11) is 1.44. The third kappa shape index (κ3) is 5.07. The van der Waals surface area contributed by atoms with Crippen LogP contribution in [0.2, 0.25) is 0 Å². The molecule has 0 bridgehead atoms. The number of phenolic OH excluding ortho intramolecular Hbond substituents is 1. The molecule has 130 valence electrons. The zero-order chi connectivity index (χ0) is 18.2.